The Hall–Kier alpha value is -5.28. The van der Waals surface area contributed by atoms with Crippen LogP contribution in [0.5, 0.6) is 11.5 Å². The van der Waals surface area contributed by atoms with Crippen molar-refractivity contribution in [3.63, 3.8) is 0 Å². The number of nitrogens with zero attached hydrogens (tertiary/aromatic N) is 2. The van der Waals surface area contributed by atoms with Gasteiger partial charge in [0, 0.05) is 40.6 Å². The smallest absolute Gasteiger partial charge is 0.339 e. The third-order valence-corrected chi connectivity index (χ3v) is 7.06. The highest BCUT2D eigenvalue weighted by molar-refractivity contribution is 9.08. The van der Waals surface area contributed by atoms with Crippen LogP contribution >= 0.6 is 15.9 Å². The second-order valence-electron chi connectivity index (χ2n) is 9.56. The van der Waals surface area contributed by atoms with E-state index in [2.05, 4.69) is 42.8 Å². The predicted octanol–water partition coefficient (Wildman–Crippen LogP) is 8.55. The van der Waals surface area contributed by atoms with Gasteiger partial charge in [0.25, 0.3) is 0 Å². The van der Waals surface area contributed by atoms with E-state index < -0.39 is 5.97 Å². The second-order valence-corrected chi connectivity index (χ2v) is 10.1. The predicted molar refractivity (Wildman–Crippen MR) is 184 cm³/mol. The minimum atomic E-state index is -0.419. The van der Waals surface area contributed by atoms with Crippen LogP contribution in [0.4, 0.5) is 0 Å². The number of rotatable bonds is 6. The zero-order valence-corrected chi connectivity index (χ0v) is 26.3. The lowest BCUT2D eigenvalue weighted by molar-refractivity contribution is 0.0591. The van der Waals surface area contributed by atoms with E-state index in [1.807, 2.05) is 66.7 Å². The van der Waals surface area contributed by atoms with Gasteiger partial charge in [0.05, 0.1) is 36.4 Å². The van der Waals surface area contributed by atoms with Gasteiger partial charge in [-0.3, -0.25) is 9.97 Å². The van der Waals surface area contributed by atoms with Crippen molar-refractivity contribution >= 4 is 49.7 Å². The van der Waals surface area contributed by atoms with Crippen molar-refractivity contribution in [2.45, 2.75) is 19.4 Å². The molecule has 0 unspecified atom stereocenters. The van der Waals surface area contributed by atoms with E-state index in [1.54, 1.807) is 24.3 Å². The quantitative estimate of drug-likeness (QED) is 0.138. The number of aromatic hydroxyl groups is 1. The van der Waals surface area contributed by atoms with Gasteiger partial charge >= 0.3 is 11.9 Å². The van der Waals surface area contributed by atoms with Crippen LogP contribution in [0, 0.1) is 0 Å². The summed E-state index contributed by atoms with van der Waals surface area (Å²) in [5.74, 6) is 0.0896. The summed E-state index contributed by atoms with van der Waals surface area (Å²) in [7, 11) is 2.68. The van der Waals surface area contributed by atoms with Crippen LogP contribution in [0.2, 0.25) is 0 Å². The number of carbonyl (C=O) groups excluding carboxylic acids is 2. The molecule has 0 radical (unpaired) electrons. The molecule has 6 aromatic rings. The number of ether oxygens (including phenoxy) is 3. The van der Waals surface area contributed by atoms with Gasteiger partial charge in [0.2, 0.25) is 0 Å². The van der Waals surface area contributed by atoms with Crippen molar-refractivity contribution in [1.82, 2.24) is 9.97 Å². The molecule has 1 N–H and O–H groups in total. The molecule has 0 saturated heterocycles. The third kappa shape index (κ3) is 10.1. The molecule has 2 aromatic heterocycles. The molecule has 8 nitrogen and oxygen atoms in total. The van der Waals surface area contributed by atoms with Gasteiger partial charge < -0.3 is 19.3 Å². The molecule has 9 heteroatoms. The highest BCUT2D eigenvalue weighted by atomic mass is 79.9. The molecule has 2 heterocycles. The van der Waals surface area contributed by atoms with E-state index in [4.69, 9.17) is 9.47 Å². The minimum absolute atomic E-state index is 0. The molecule has 0 spiro atoms. The number of hydrogen-bond acceptors (Lipinski definition) is 8. The van der Waals surface area contributed by atoms with Crippen molar-refractivity contribution < 1.29 is 28.9 Å². The van der Waals surface area contributed by atoms with Crippen molar-refractivity contribution in [2.75, 3.05) is 14.2 Å². The first-order valence-corrected chi connectivity index (χ1v) is 14.9. The number of fused-ring (bicyclic) bond motifs is 2. The van der Waals surface area contributed by atoms with Crippen molar-refractivity contribution in [3.05, 3.63) is 144 Å². The van der Waals surface area contributed by atoms with Crippen LogP contribution < -0.4 is 4.74 Å². The highest BCUT2D eigenvalue weighted by Crippen LogP contribution is 2.22. The fraction of sp³-hybridized carbons (Fsp3) is 0.135. The number of phenols is 1. The molecule has 236 valence electrons. The van der Waals surface area contributed by atoms with Gasteiger partial charge in [-0.2, -0.15) is 0 Å². The van der Waals surface area contributed by atoms with Gasteiger partial charge in [0.1, 0.15) is 18.1 Å². The molecule has 0 atom stereocenters. The Morgan fingerprint density at radius 1 is 0.674 bits per heavy atom. The Bertz CT molecular complexity index is 1870. The van der Waals surface area contributed by atoms with Gasteiger partial charge in [-0.25, -0.2) is 9.59 Å². The number of carbonyl (C=O) groups is 2. The number of alkyl halides is 1. The third-order valence-electron chi connectivity index (χ3n) is 6.41. The molecule has 0 aliphatic heterocycles. The van der Waals surface area contributed by atoms with Gasteiger partial charge in [-0.05, 0) is 47.5 Å². The molecular weight excluding hydrogens is 648 g/mol. The lowest BCUT2D eigenvalue weighted by Gasteiger charge is -2.07. The lowest BCUT2D eigenvalue weighted by atomic mass is 10.1. The number of hydrogen-bond donors (Lipinski definition) is 1. The van der Waals surface area contributed by atoms with Crippen LogP contribution in [0.1, 0.15) is 39.3 Å². The number of esters is 2. The van der Waals surface area contributed by atoms with Crippen LogP contribution in [0.15, 0.2) is 122 Å². The van der Waals surface area contributed by atoms with Gasteiger partial charge in [-0.1, -0.05) is 84.0 Å². The highest BCUT2D eigenvalue weighted by Gasteiger charge is 2.08. The summed E-state index contributed by atoms with van der Waals surface area (Å²) in [5.41, 5.74) is 4.69. The summed E-state index contributed by atoms with van der Waals surface area (Å²) in [6.07, 6.45) is 2.93. The zero-order valence-electron chi connectivity index (χ0n) is 24.7. The van der Waals surface area contributed by atoms with Crippen molar-refractivity contribution in [2.24, 2.45) is 0 Å². The SMILES string of the molecule is BrCc1ccccc1.C.COC(=O)c1cnc2cc(O)ccc2c1.COC(=O)c1cnc2cc(OCc3ccccc3)ccc2c1. The van der Waals surface area contributed by atoms with E-state index in [0.29, 0.717) is 23.3 Å². The summed E-state index contributed by atoms with van der Waals surface area (Å²) < 4.78 is 15.0. The van der Waals surface area contributed by atoms with E-state index in [9.17, 15) is 14.7 Å². The maximum Gasteiger partial charge on any atom is 0.339 e. The summed E-state index contributed by atoms with van der Waals surface area (Å²) in [4.78, 5) is 31.0. The zero-order chi connectivity index (χ0) is 32.0. The maximum absolute atomic E-state index is 11.5. The number of benzene rings is 4. The molecule has 0 aliphatic rings. The first kappa shape index (κ1) is 35.2. The molecule has 0 amide bonds. The average Bonchev–Trinajstić information content (AvgIpc) is 3.10. The van der Waals surface area contributed by atoms with Gasteiger partial charge in [0.15, 0.2) is 0 Å². The number of halogens is 1. The first-order chi connectivity index (χ1) is 21.9. The van der Waals surface area contributed by atoms with Gasteiger partial charge in [-0.15, -0.1) is 0 Å². The Morgan fingerprint density at radius 3 is 1.67 bits per heavy atom. The first-order valence-electron chi connectivity index (χ1n) is 13.8. The molecule has 6 rings (SSSR count). The summed E-state index contributed by atoms with van der Waals surface area (Å²) in [6, 6.07) is 34.1. The number of aromatic nitrogens is 2. The van der Waals surface area contributed by atoms with Crippen LogP contribution in [-0.2, 0) is 21.4 Å². The van der Waals surface area contributed by atoms with Crippen LogP contribution in [0.25, 0.3) is 21.8 Å². The monoisotopic (exact) mass is 682 g/mol. The Labute approximate surface area is 276 Å². The van der Waals surface area contributed by atoms with E-state index >= 15 is 0 Å². The number of pyridine rings is 2. The van der Waals surface area contributed by atoms with E-state index in [1.165, 1.54) is 38.2 Å². The van der Waals surface area contributed by atoms with Crippen molar-refractivity contribution in [1.29, 1.82) is 0 Å². The molecule has 4 aromatic carbocycles. The van der Waals surface area contributed by atoms with E-state index in [0.717, 1.165) is 32.9 Å². The normalized spacial score (nSPS) is 9.89. The Morgan fingerprint density at radius 2 is 1.17 bits per heavy atom. The lowest BCUT2D eigenvalue weighted by Crippen LogP contribution is -2.01. The molecule has 46 heavy (non-hydrogen) atoms. The Balaban J connectivity index is 0.000000207. The topological polar surface area (TPSA) is 108 Å². The largest absolute Gasteiger partial charge is 0.508 e. The number of phenolic OH excluding ortho intramolecular Hbond substituents is 1. The van der Waals surface area contributed by atoms with Crippen LogP contribution in [0.3, 0.4) is 0 Å². The Kier molecular flexibility index (Phi) is 13.7. The fourth-order valence-electron chi connectivity index (χ4n) is 4.07. The molecule has 0 aliphatic carbocycles. The minimum Gasteiger partial charge on any atom is -0.508 e. The summed E-state index contributed by atoms with van der Waals surface area (Å²) >= 11 is 3.36. The second kappa shape index (κ2) is 17.9. The molecule has 0 saturated carbocycles. The fourth-order valence-corrected chi connectivity index (χ4v) is 4.44. The summed E-state index contributed by atoms with van der Waals surface area (Å²) in [5, 5.41) is 11.8. The molecule has 0 fully saturated rings. The standard InChI is InChI=1S/C18H15NO3.C11H9NO3.C7H7Br.CH4/c1-21-18(20)15-9-14-7-8-16(10-17(14)19-11-15)22-12-13-5-3-2-4-6-13;1-15-11(14)8-4-7-2-3-9(13)5-10(7)12-6-8;8-6-7-4-2-1-3-5-7;/h2-11H,12H2,1H3;2-6,13H,1H3;1-5H,6H2;1H4. The molecular formula is C37H35BrN2O6. The maximum atomic E-state index is 11.5. The molecule has 0 bridgehead atoms. The average molecular weight is 684 g/mol. The van der Waals surface area contributed by atoms with Crippen LogP contribution in [-0.4, -0.2) is 41.2 Å². The number of methoxy groups -OCH3 is 2. The van der Waals surface area contributed by atoms with E-state index in [-0.39, 0.29) is 19.1 Å². The van der Waals surface area contributed by atoms with Crippen molar-refractivity contribution in [3.8, 4) is 11.5 Å². The summed E-state index contributed by atoms with van der Waals surface area (Å²) in [6.45, 7) is 0.507.